The van der Waals surface area contributed by atoms with Crippen molar-refractivity contribution in [3.63, 3.8) is 0 Å². The molecule has 0 bridgehead atoms. The van der Waals surface area contributed by atoms with E-state index in [4.69, 9.17) is 11.6 Å². The number of hydrogen-bond acceptors (Lipinski definition) is 3. The molecule has 1 aromatic carbocycles. The Kier molecular flexibility index (Phi) is 4.06. The molecule has 1 saturated carbocycles. The summed E-state index contributed by atoms with van der Waals surface area (Å²) in [5.74, 6) is 1.59. The van der Waals surface area contributed by atoms with Crippen LogP contribution in [-0.2, 0) is 0 Å². The number of benzene rings is 1. The van der Waals surface area contributed by atoms with Gasteiger partial charge in [0.25, 0.3) is 0 Å². The highest BCUT2D eigenvalue weighted by molar-refractivity contribution is 6.18. The minimum atomic E-state index is 0.221. The van der Waals surface area contributed by atoms with Gasteiger partial charge >= 0.3 is 0 Å². The Bertz CT molecular complexity index is 573. The molecule has 1 fully saturated rings. The lowest BCUT2D eigenvalue weighted by Crippen LogP contribution is -2.34. The Morgan fingerprint density at radius 3 is 2.75 bits per heavy atom. The van der Waals surface area contributed by atoms with Crippen LogP contribution < -0.4 is 5.32 Å². The van der Waals surface area contributed by atoms with Crippen LogP contribution in [0.25, 0.3) is 10.8 Å². The van der Waals surface area contributed by atoms with Gasteiger partial charge in [-0.1, -0.05) is 43.5 Å². The molecule has 1 heterocycles. The molecule has 3 nitrogen and oxygen atoms in total. The topological polar surface area (TPSA) is 37.8 Å². The van der Waals surface area contributed by atoms with Gasteiger partial charge in [-0.3, -0.25) is 0 Å². The number of fused-ring (bicyclic) bond motifs is 1. The van der Waals surface area contributed by atoms with Crippen molar-refractivity contribution < 1.29 is 0 Å². The second-order valence-corrected chi connectivity index (χ2v) is 6.10. The van der Waals surface area contributed by atoms with Crippen LogP contribution in [0.3, 0.4) is 0 Å². The zero-order valence-electron chi connectivity index (χ0n) is 11.6. The number of nitrogens with one attached hydrogen (secondary N) is 1. The molecule has 0 spiro atoms. The van der Waals surface area contributed by atoms with Gasteiger partial charge in [0.2, 0.25) is 0 Å². The number of rotatable bonds is 4. The molecule has 106 valence electrons. The smallest absolute Gasteiger partial charge is 0.156 e. The predicted octanol–water partition coefficient (Wildman–Crippen LogP) is 4.23. The van der Waals surface area contributed by atoms with Crippen molar-refractivity contribution in [3.05, 3.63) is 30.5 Å². The van der Waals surface area contributed by atoms with Crippen molar-refractivity contribution in [1.29, 1.82) is 0 Å². The summed E-state index contributed by atoms with van der Waals surface area (Å²) in [6, 6.07) is 8.20. The summed E-state index contributed by atoms with van der Waals surface area (Å²) >= 11 is 6.25. The Morgan fingerprint density at radius 2 is 1.95 bits per heavy atom. The average Bonchev–Trinajstić information content (AvgIpc) is 2.54. The number of halogens is 1. The first-order chi connectivity index (χ1) is 9.83. The molecule has 1 aliphatic carbocycles. The molecule has 3 rings (SSSR count). The van der Waals surface area contributed by atoms with E-state index in [2.05, 4.69) is 27.6 Å². The van der Waals surface area contributed by atoms with E-state index in [9.17, 15) is 0 Å². The molecule has 0 aliphatic heterocycles. The second kappa shape index (κ2) is 5.96. The maximum absolute atomic E-state index is 6.25. The fraction of sp³-hybridized carbons (Fsp3) is 0.500. The monoisotopic (exact) mass is 289 g/mol. The molecule has 1 N–H and O–H groups in total. The molecule has 4 heteroatoms. The summed E-state index contributed by atoms with van der Waals surface area (Å²) in [5.41, 5.74) is 0.221. The molecule has 1 aliphatic rings. The zero-order chi connectivity index (χ0) is 13.8. The van der Waals surface area contributed by atoms with E-state index in [0.717, 1.165) is 29.0 Å². The van der Waals surface area contributed by atoms with E-state index < -0.39 is 0 Å². The number of aromatic nitrogens is 2. The lowest BCUT2D eigenvalue weighted by Gasteiger charge is -2.35. The van der Waals surface area contributed by atoms with Gasteiger partial charge in [-0.15, -0.1) is 16.7 Å². The van der Waals surface area contributed by atoms with Gasteiger partial charge in [-0.05, 0) is 12.8 Å². The zero-order valence-corrected chi connectivity index (χ0v) is 12.4. The Balaban J connectivity index is 1.79. The minimum Gasteiger partial charge on any atom is -0.367 e. The summed E-state index contributed by atoms with van der Waals surface area (Å²) in [4.78, 5) is 0. The van der Waals surface area contributed by atoms with Crippen LogP contribution in [0.1, 0.15) is 32.1 Å². The van der Waals surface area contributed by atoms with Crippen LogP contribution in [0.4, 0.5) is 5.82 Å². The molecule has 0 radical (unpaired) electrons. The first-order valence-corrected chi connectivity index (χ1v) is 7.87. The maximum atomic E-state index is 6.25. The van der Waals surface area contributed by atoms with Gasteiger partial charge < -0.3 is 5.32 Å². The fourth-order valence-electron chi connectivity index (χ4n) is 3.09. The van der Waals surface area contributed by atoms with Gasteiger partial charge in [0, 0.05) is 28.6 Å². The summed E-state index contributed by atoms with van der Waals surface area (Å²) in [7, 11) is 0. The molecule has 20 heavy (non-hydrogen) atoms. The molecule has 0 atom stereocenters. The lowest BCUT2D eigenvalue weighted by atomic mass is 9.75. The first kappa shape index (κ1) is 13.6. The highest BCUT2D eigenvalue weighted by Gasteiger charge is 2.31. The summed E-state index contributed by atoms with van der Waals surface area (Å²) < 4.78 is 0. The van der Waals surface area contributed by atoms with E-state index in [1.165, 1.54) is 32.1 Å². The number of nitrogens with zero attached hydrogens (tertiary/aromatic N) is 2. The highest BCUT2D eigenvalue weighted by Crippen LogP contribution is 2.37. The van der Waals surface area contributed by atoms with E-state index in [-0.39, 0.29) is 5.41 Å². The SMILES string of the molecule is ClCC1(CNc2nncc3ccccc23)CCCCC1. The Morgan fingerprint density at radius 1 is 1.15 bits per heavy atom. The van der Waals surface area contributed by atoms with Crippen molar-refractivity contribution in [2.45, 2.75) is 32.1 Å². The summed E-state index contributed by atoms with van der Waals surface area (Å²) in [6.07, 6.45) is 8.14. The predicted molar refractivity (Wildman–Crippen MR) is 84.3 cm³/mol. The molecule has 0 saturated heterocycles. The van der Waals surface area contributed by atoms with Gasteiger partial charge in [-0.25, -0.2) is 0 Å². The summed E-state index contributed by atoms with van der Waals surface area (Å²) in [5, 5.41) is 14.1. The van der Waals surface area contributed by atoms with Crippen molar-refractivity contribution in [3.8, 4) is 0 Å². The lowest BCUT2D eigenvalue weighted by molar-refractivity contribution is 0.238. The largest absolute Gasteiger partial charge is 0.367 e. The third-order valence-electron chi connectivity index (χ3n) is 4.40. The molecular formula is C16H20ClN3. The van der Waals surface area contributed by atoms with Crippen molar-refractivity contribution in [1.82, 2.24) is 10.2 Å². The number of hydrogen-bond donors (Lipinski definition) is 1. The maximum Gasteiger partial charge on any atom is 0.156 e. The van der Waals surface area contributed by atoms with Crippen LogP contribution in [0.2, 0.25) is 0 Å². The Hall–Kier alpha value is -1.35. The average molecular weight is 290 g/mol. The number of alkyl halides is 1. The third kappa shape index (κ3) is 2.73. The standard InChI is InChI=1S/C16H20ClN3/c17-11-16(8-4-1-5-9-16)12-18-15-14-7-3-2-6-13(14)10-19-20-15/h2-3,6-7,10H,1,4-5,8-9,11-12H2,(H,18,20). The van der Waals surface area contributed by atoms with Crippen molar-refractivity contribution >= 4 is 28.2 Å². The van der Waals surface area contributed by atoms with Gasteiger partial charge in [0.15, 0.2) is 5.82 Å². The molecule has 0 amide bonds. The van der Waals surface area contributed by atoms with Crippen molar-refractivity contribution in [2.24, 2.45) is 5.41 Å². The second-order valence-electron chi connectivity index (χ2n) is 5.83. The van der Waals surface area contributed by atoms with Gasteiger partial charge in [0.1, 0.15) is 0 Å². The van der Waals surface area contributed by atoms with Crippen LogP contribution >= 0.6 is 11.6 Å². The van der Waals surface area contributed by atoms with E-state index in [0.29, 0.717) is 0 Å². The van der Waals surface area contributed by atoms with Crippen LogP contribution in [0.15, 0.2) is 30.5 Å². The van der Waals surface area contributed by atoms with Gasteiger partial charge in [-0.2, -0.15) is 5.10 Å². The fourth-order valence-corrected chi connectivity index (χ4v) is 3.45. The normalized spacial score (nSPS) is 18.1. The van der Waals surface area contributed by atoms with Gasteiger partial charge in [0.05, 0.1) is 6.20 Å². The van der Waals surface area contributed by atoms with E-state index in [1.807, 2.05) is 12.1 Å². The van der Waals surface area contributed by atoms with Crippen molar-refractivity contribution in [2.75, 3.05) is 17.7 Å². The Labute approximate surface area is 124 Å². The molecule has 1 aromatic heterocycles. The van der Waals surface area contributed by atoms with Crippen LogP contribution in [-0.4, -0.2) is 22.6 Å². The molecule has 2 aromatic rings. The van der Waals surface area contributed by atoms with E-state index in [1.54, 1.807) is 6.20 Å². The number of anilines is 1. The summed E-state index contributed by atoms with van der Waals surface area (Å²) in [6.45, 7) is 0.888. The highest BCUT2D eigenvalue weighted by atomic mass is 35.5. The molecule has 0 unspecified atom stereocenters. The first-order valence-electron chi connectivity index (χ1n) is 7.33. The minimum absolute atomic E-state index is 0.221. The quantitative estimate of drug-likeness (QED) is 0.856. The molecular weight excluding hydrogens is 270 g/mol. The van der Waals surface area contributed by atoms with Crippen LogP contribution in [0.5, 0.6) is 0 Å². The third-order valence-corrected chi connectivity index (χ3v) is 4.97. The van der Waals surface area contributed by atoms with E-state index >= 15 is 0 Å². The van der Waals surface area contributed by atoms with Crippen LogP contribution in [0, 0.1) is 5.41 Å².